The van der Waals surface area contributed by atoms with Crippen molar-refractivity contribution in [3.8, 4) is 11.6 Å². The average molecular weight is 386 g/mol. The summed E-state index contributed by atoms with van der Waals surface area (Å²) >= 11 is 7.59. The van der Waals surface area contributed by atoms with E-state index in [-0.39, 0.29) is 5.28 Å². The van der Waals surface area contributed by atoms with Gasteiger partial charge in [0.25, 0.3) is 0 Å². The lowest BCUT2D eigenvalue weighted by Gasteiger charge is -2.15. The smallest absolute Gasteiger partial charge is 0.236 e. The lowest BCUT2D eigenvalue weighted by molar-refractivity contribution is 0.331. The molecule has 0 atom stereocenters. The van der Waals surface area contributed by atoms with Gasteiger partial charge < -0.3 is 9.47 Å². The molecule has 4 rings (SSSR count). The summed E-state index contributed by atoms with van der Waals surface area (Å²) in [4.78, 5) is 13.5. The van der Waals surface area contributed by atoms with E-state index in [0.717, 1.165) is 43.4 Å². The Morgan fingerprint density at radius 3 is 2.69 bits per heavy atom. The van der Waals surface area contributed by atoms with Crippen molar-refractivity contribution in [2.45, 2.75) is 13.3 Å². The molecular formula is C19H16ClN3O2S. The first kappa shape index (κ1) is 17.0. The lowest BCUT2D eigenvalue weighted by Crippen LogP contribution is -2.05. The van der Waals surface area contributed by atoms with Crippen LogP contribution in [0.25, 0.3) is 15.8 Å². The molecule has 7 heteroatoms. The molecule has 1 aliphatic rings. The van der Waals surface area contributed by atoms with Crippen LogP contribution in [0.5, 0.6) is 11.6 Å². The zero-order valence-corrected chi connectivity index (χ0v) is 15.9. The number of rotatable bonds is 4. The fourth-order valence-corrected chi connectivity index (χ4v) is 4.24. The average Bonchev–Trinajstić information content (AvgIpc) is 3.01. The second kappa shape index (κ2) is 6.70. The monoisotopic (exact) mass is 385 g/mol. The Morgan fingerprint density at radius 2 is 2.00 bits per heavy atom. The van der Waals surface area contributed by atoms with Gasteiger partial charge in [0.2, 0.25) is 11.2 Å². The summed E-state index contributed by atoms with van der Waals surface area (Å²) in [5.74, 6) is 1.31. The number of aliphatic imine (C=N–C) groups is 1. The van der Waals surface area contributed by atoms with E-state index >= 15 is 0 Å². The largest absolute Gasteiger partial charge is 0.497 e. The predicted octanol–water partition coefficient (Wildman–Crippen LogP) is 5.29. The second-order valence-corrected chi connectivity index (χ2v) is 7.10. The normalized spacial score (nSPS) is 13.5. The van der Waals surface area contributed by atoms with Gasteiger partial charge in [-0.1, -0.05) is 6.58 Å². The number of halogens is 1. The number of hydrogen-bond donors (Lipinski definition) is 0. The Kier molecular flexibility index (Phi) is 4.38. The summed E-state index contributed by atoms with van der Waals surface area (Å²) in [7, 11) is 1.65. The highest BCUT2D eigenvalue weighted by Crippen LogP contribution is 2.47. The van der Waals surface area contributed by atoms with Crippen molar-refractivity contribution >= 4 is 49.4 Å². The van der Waals surface area contributed by atoms with E-state index in [1.54, 1.807) is 7.11 Å². The number of methoxy groups -OCH3 is 1. The molecule has 132 valence electrons. The van der Waals surface area contributed by atoms with Crippen LogP contribution in [-0.2, 0) is 0 Å². The molecule has 0 aliphatic carbocycles. The quantitative estimate of drug-likeness (QED) is 0.572. The predicted molar refractivity (Wildman–Crippen MR) is 106 cm³/mol. The summed E-state index contributed by atoms with van der Waals surface area (Å²) in [5, 5.41) is 1.03. The van der Waals surface area contributed by atoms with E-state index in [1.807, 2.05) is 31.2 Å². The van der Waals surface area contributed by atoms with Gasteiger partial charge in [0.1, 0.15) is 15.5 Å². The van der Waals surface area contributed by atoms with Gasteiger partial charge in [0, 0.05) is 12.0 Å². The first-order valence-corrected chi connectivity index (χ1v) is 9.33. The molecule has 0 spiro atoms. The van der Waals surface area contributed by atoms with Crippen molar-refractivity contribution in [3.05, 3.63) is 47.3 Å². The highest BCUT2D eigenvalue weighted by Gasteiger charge is 2.25. The third-order valence-corrected chi connectivity index (χ3v) is 5.36. The highest BCUT2D eigenvalue weighted by molar-refractivity contribution is 7.23. The van der Waals surface area contributed by atoms with Gasteiger partial charge in [0.15, 0.2) is 0 Å². The van der Waals surface area contributed by atoms with Crippen molar-refractivity contribution in [1.29, 1.82) is 0 Å². The van der Waals surface area contributed by atoms with E-state index in [4.69, 9.17) is 26.1 Å². The molecule has 1 aromatic carbocycles. The Morgan fingerprint density at radius 1 is 1.23 bits per heavy atom. The van der Waals surface area contributed by atoms with Crippen LogP contribution in [0.1, 0.15) is 24.5 Å². The molecule has 0 saturated heterocycles. The molecule has 5 nitrogen and oxygen atoms in total. The van der Waals surface area contributed by atoms with Crippen LogP contribution in [0, 0.1) is 0 Å². The summed E-state index contributed by atoms with van der Waals surface area (Å²) in [6.45, 7) is 6.67. The van der Waals surface area contributed by atoms with Gasteiger partial charge in [-0.2, -0.15) is 4.98 Å². The molecule has 0 radical (unpaired) electrons. The Balaban J connectivity index is 1.86. The van der Waals surface area contributed by atoms with Crippen LogP contribution < -0.4 is 9.47 Å². The van der Waals surface area contributed by atoms with Gasteiger partial charge in [-0.05, 0) is 53.9 Å². The summed E-state index contributed by atoms with van der Waals surface area (Å²) < 4.78 is 11.7. The molecular weight excluding hydrogens is 370 g/mol. The Hall–Kier alpha value is -2.44. The number of fused-ring (bicyclic) bond motifs is 3. The van der Waals surface area contributed by atoms with Crippen LogP contribution in [-0.4, -0.2) is 29.4 Å². The first-order chi connectivity index (χ1) is 12.6. The second-order valence-electron chi connectivity index (χ2n) is 5.76. The molecule has 26 heavy (non-hydrogen) atoms. The first-order valence-electron chi connectivity index (χ1n) is 8.13. The van der Waals surface area contributed by atoms with Crippen LogP contribution in [0.15, 0.2) is 35.8 Å². The van der Waals surface area contributed by atoms with Crippen LogP contribution in [0.3, 0.4) is 0 Å². The molecule has 3 aromatic rings. The number of benzene rings is 1. The van der Waals surface area contributed by atoms with E-state index in [9.17, 15) is 0 Å². The van der Waals surface area contributed by atoms with E-state index < -0.39 is 0 Å². The Bertz CT molecular complexity index is 1040. The minimum Gasteiger partial charge on any atom is -0.497 e. The summed E-state index contributed by atoms with van der Waals surface area (Å²) in [5.41, 5.74) is 4.67. The van der Waals surface area contributed by atoms with Crippen LogP contribution >= 0.6 is 22.9 Å². The standard InChI is InChI=1S/C19H16ClN3O2S/c1-4-25-17-16-15(22-19(20)23-17)14-10(2)9-13(21-18(14)26-16)11-5-7-12(24-3)8-6-11/h5-8H,2,4,9H2,1,3H3. The van der Waals surface area contributed by atoms with Crippen molar-refractivity contribution in [1.82, 2.24) is 9.97 Å². The molecule has 3 heterocycles. The summed E-state index contributed by atoms with van der Waals surface area (Å²) in [6, 6.07) is 7.87. The topological polar surface area (TPSA) is 56.6 Å². The maximum Gasteiger partial charge on any atom is 0.236 e. The van der Waals surface area contributed by atoms with Crippen molar-refractivity contribution < 1.29 is 9.47 Å². The molecule has 0 saturated carbocycles. The lowest BCUT2D eigenvalue weighted by atomic mass is 9.96. The fraction of sp³-hybridized carbons (Fsp3) is 0.211. The number of allylic oxidation sites excluding steroid dienone is 1. The van der Waals surface area contributed by atoms with E-state index in [1.165, 1.54) is 11.3 Å². The van der Waals surface area contributed by atoms with Gasteiger partial charge >= 0.3 is 0 Å². The number of ether oxygens (including phenoxy) is 2. The third kappa shape index (κ3) is 2.85. The maximum atomic E-state index is 6.08. The van der Waals surface area contributed by atoms with Crippen LogP contribution in [0.2, 0.25) is 5.28 Å². The summed E-state index contributed by atoms with van der Waals surface area (Å²) in [6.07, 6.45) is 0.650. The Labute approximate surface area is 160 Å². The molecule has 1 aliphatic heterocycles. The SMILES string of the molecule is C=C1CC(c2ccc(OC)cc2)=Nc2sc3c(OCC)nc(Cl)nc3c21. The van der Waals surface area contributed by atoms with Gasteiger partial charge in [-0.25, -0.2) is 9.98 Å². The van der Waals surface area contributed by atoms with Crippen molar-refractivity contribution in [3.63, 3.8) is 0 Å². The molecule has 0 N–H and O–H groups in total. The molecule has 0 fully saturated rings. The van der Waals surface area contributed by atoms with Gasteiger partial charge in [-0.3, -0.25) is 0 Å². The van der Waals surface area contributed by atoms with E-state index in [2.05, 4.69) is 16.5 Å². The van der Waals surface area contributed by atoms with Gasteiger partial charge in [0.05, 0.1) is 24.9 Å². The number of nitrogens with zero attached hydrogens (tertiary/aromatic N) is 3. The number of hydrogen-bond acceptors (Lipinski definition) is 6. The highest BCUT2D eigenvalue weighted by atomic mass is 35.5. The third-order valence-electron chi connectivity index (χ3n) is 4.13. The van der Waals surface area contributed by atoms with Gasteiger partial charge in [-0.15, -0.1) is 11.3 Å². The number of aromatic nitrogens is 2. The molecule has 0 unspecified atom stereocenters. The zero-order valence-electron chi connectivity index (χ0n) is 14.4. The minimum atomic E-state index is 0.166. The number of thiophene rings is 1. The molecule has 2 aromatic heterocycles. The van der Waals surface area contributed by atoms with Crippen molar-refractivity contribution in [2.24, 2.45) is 4.99 Å². The maximum absolute atomic E-state index is 6.08. The fourth-order valence-electron chi connectivity index (χ4n) is 2.95. The zero-order chi connectivity index (χ0) is 18.3. The van der Waals surface area contributed by atoms with E-state index in [0.29, 0.717) is 18.9 Å². The molecule has 0 amide bonds. The molecule has 0 bridgehead atoms. The van der Waals surface area contributed by atoms with Crippen LogP contribution in [0.4, 0.5) is 5.00 Å². The minimum absolute atomic E-state index is 0.166. The van der Waals surface area contributed by atoms with Crippen molar-refractivity contribution in [2.75, 3.05) is 13.7 Å².